The molecule has 2 aromatic rings. The van der Waals surface area contributed by atoms with Gasteiger partial charge in [0.05, 0.1) is 24.0 Å². The molecule has 0 fully saturated rings. The zero-order valence-corrected chi connectivity index (χ0v) is 11.5. The van der Waals surface area contributed by atoms with Crippen LogP contribution in [0.25, 0.3) is 11.1 Å². The molecule has 0 aliphatic carbocycles. The Morgan fingerprint density at radius 1 is 1.44 bits per heavy atom. The van der Waals surface area contributed by atoms with Gasteiger partial charge in [0, 0.05) is 19.2 Å². The molecular formula is C13H16ClN3O. The highest BCUT2D eigenvalue weighted by atomic mass is 35.5. The maximum atomic E-state index is 6.15. The van der Waals surface area contributed by atoms with E-state index in [1.807, 2.05) is 43.2 Å². The van der Waals surface area contributed by atoms with Crippen LogP contribution in [0.5, 0.6) is 5.75 Å². The Hall–Kier alpha value is -1.52. The Bertz CT molecular complexity index is 551. The molecule has 0 bridgehead atoms. The van der Waals surface area contributed by atoms with Gasteiger partial charge in [0.25, 0.3) is 0 Å². The number of aromatic nitrogens is 2. The zero-order chi connectivity index (χ0) is 13.1. The van der Waals surface area contributed by atoms with E-state index >= 15 is 0 Å². The molecule has 0 saturated carbocycles. The molecule has 0 aliphatic heterocycles. The molecule has 1 heterocycles. The summed E-state index contributed by atoms with van der Waals surface area (Å²) in [6, 6.07) is 5.76. The van der Waals surface area contributed by atoms with Gasteiger partial charge in [-0.05, 0) is 24.7 Å². The number of nitrogens with zero attached hydrogens (tertiary/aromatic N) is 2. The van der Waals surface area contributed by atoms with Crippen LogP contribution in [-0.4, -0.2) is 23.9 Å². The molecule has 1 aromatic carbocycles. The van der Waals surface area contributed by atoms with E-state index in [1.165, 1.54) is 0 Å². The van der Waals surface area contributed by atoms with Crippen LogP contribution in [0.1, 0.15) is 5.69 Å². The molecule has 1 N–H and O–H groups in total. The summed E-state index contributed by atoms with van der Waals surface area (Å²) in [5.74, 6) is 0.680. The highest BCUT2D eigenvalue weighted by Crippen LogP contribution is 2.31. The van der Waals surface area contributed by atoms with Crippen molar-refractivity contribution in [3.05, 3.63) is 35.1 Å². The second-order valence-corrected chi connectivity index (χ2v) is 4.42. The Morgan fingerprint density at radius 3 is 2.83 bits per heavy atom. The maximum Gasteiger partial charge on any atom is 0.137 e. The Balaban J connectivity index is 2.45. The monoisotopic (exact) mass is 265 g/mol. The number of aryl methyl sites for hydroxylation is 1. The predicted octanol–water partition coefficient (Wildman–Crippen LogP) is 2.47. The molecule has 0 amide bonds. The van der Waals surface area contributed by atoms with Gasteiger partial charge in [-0.1, -0.05) is 17.7 Å². The molecule has 0 spiro atoms. The molecule has 0 atom stereocenters. The standard InChI is InChI=1S/C13H16ClN3O/c1-15-8-12-10(7-16-17(12)2)9-4-5-13(18-3)11(14)6-9/h4-7,15H,8H2,1-3H3. The third-order valence-corrected chi connectivity index (χ3v) is 3.16. The van der Waals surface area contributed by atoms with E-state index in [2.05, 4.69) is 10.4 Å². The number of ether oxygens (including phenoxy) is 1. The molecule has 18 heavy (non-hydrogen) atoms. The fourth-order valence-corrected chi connectivity index (χ4v) is 2.17. The van der Waals surface area contributed by atoms with Gasteiger partial charge in [-0.25, -0.2) is 0 Å². The summed E-state index contributed by atoms with van der Waals surface area (Å²) in [5, 5.41) is 8.03. The average molecular weight is 266 g/mol. The smallest absolute Gasteiger partial charge is 0.137 e. The fraction of sp³-hybridized carbons (Fsp3) is 0.308. The van der Waals surface area contributed by atoms with Crippen LogP contribution in [0.3, 0.4) is 0 Å². The number of methoxy groups -OCH3 is 1. The van der Waals surface area contributed by atoms with E-state index in [0.717, 1.165) is 23.4 Å². The van der Waals surface area contributed by atoms with Crippen LogP contribution in [0.15, 0.2) is 24.4 Å². The topological polar surface area (TPSA) is 39.1 Å². The van der Waals surface area contributed by atoms with Crippen molar-refractivity contribution in [1.82, 2.24) is 15.1 Å². The van der Waals surface area contributed by atoms with Crippen LogP contribution >= 0.6 is 11.6 Å². The van der Waals surface area contributed by atoms with Crippen LogP contribution in [0.4, 0.5) is 0 Å². The van der Waals surface area contributed by atoms with Crippen molar-refractivity contribution < 1.29 is 4.74 Å². The van der Waals surface area contributed by atoms with Crippen LogP contribution in [0, 0.1) is 0 Å². The second-order valence-electron chi connectivity index (χ2n) is 4.01. The van der Waals surface area contributed by atoms with E-state index in [9.17, 15) is 0 Å². The molecule has 0 unspecified atom stereocenters. The van der Waals surface area contributed by atoms with E-state index in [4.69, 9.17) is 16.3 Å². The summed E-state index contributed by atoms with van der Waals surface area (Å²) >= 11 is 6.15. The molecule has 5 heteroatoms. The van der Waals surface area contributed by atoms with Gasteiger partial charge in [0.1, 0.15) is 5.75 Å². The predicted molar refractivity (Wildman–Crippen MR) is 73.0 cm³/mol. The molecular weight excluding hydrogens is 250 g/mol. The number of halogens is 1. The van der Waals surface area contributed by atoms with Crippen molar-refractivity contribution in [3.63, 3.8) is 0 Å². The van der Waals surface area contributed by atoms with E-state index in [-0.39, 0.29) is 0 Å². The van der Waals surface area contributed by atoms with Crippen molar-refractivity contribution in [2.45, 2.75) is 6.54 Å². The highest BCUT2D eigenvalue weighted by Gasteiger charge is 2.11. The van der Waals surface area contributed by atoms with Crippen molar-refractivity contribution in [3.8, 4) is 16.9 Å². The minimum atomic E-state index is 0.606. The van der Waals surface area contributed by atoms with Gasteiger partial charge < -0.3 is 10.1 Å². The van der Waals surface area contributed by atoms with Crippen molar-refractivity contribution >= 4 is 11.6 Å². The van der Waals surface area contributed by atoms with Crippen LogP contribution in [0.2, 0.25) is 5.02 Å². The van der Waals surface area contributed by atoms with Gasteiger partial charge in [-0.2, -0.15) is 5.10 Å². The van der Waals surface area contributed by atoms with Gasteiger partial charge in [-0.3, -0.25) is 4.68 Å². The molecule has 0 saturated heterocycles. The van der Waals surface area contributed by atoms with Crippen molar-refractivity contribution in [1.29, 1.82) is 0 Å². The third-order valence-electron chi connectivity index (χ3n) is 2.87. The lowest BCUT2D eigenvalue weighted by Gasteiger charge is -2.08. The molecule has 0 aliphatic rings. The molecule has 2 rings (SSSR count). The SMILES string of the molecule is CNCc1c(-c2ccc(OC)c(Cl)c2)cnn1C. The van der Waals surface area contributed by atoms with Crippen LogP contribution in [-0.2, 0) is 13.6 Å². The molecule has 1 aromatic heterocycles. The minimum absolute atomic E-state index is 0.606. The Morgan fingerprint density at radius 2 is 2.22 bits per heavy atom. The number of hydrogen-bond acceptors (Lipinski definition) is 3. The number of hydrogen-bond donors (Lipinski definition) is 1. The first-order valence-corrected chi connectivity index (χ1v) is 6.04. The van der Waals surface area contributed by atoms with Gasteiger partial charge in [-0.15, -0.1) is 0 Å². The van der Waals surface area contributed by atoms with Crippen molar-refractivity contribution in [2.24, 2.45) is 7.05 Å². The lowest BCUT2D eigenvalue weighted by atomic mass is 10.1. The summed E-state index contributed by atoms with van der Waals surface area (Å²) in [7, 11) is 5.45. The summed E-state index contributed by atoms with van der Waals surface area (Å²) in [5.41, 5.74) is 3.24. The normalized spacial score (nSPS) is 10.7. The summed E-state index contributed by atoms with van der Waals surface area (Å²) < 4.78 is 7.02. The highest BCUT2D eigenvalue weighted by molar-refractivity contribution is 6.32. The van der Waals surface area contributed by atoms with Crippen molar-refractivity contribution in [2.75, 3.05) is 14.2 Å². The fourth-order valence-electron chi connectivity index (χ4n) is 1.92. The van der Waals surface area contributed by atoms with Gasteiger partial charge in [0.15, 0.2) is 0 Å². The summed E-state index contributed by atoms with van der Waals surface area (Å²) in [4.78, 5) is 0. The average Bonchev–Trinajstić information content (AvgIpc) is 2.72. The first kappa shape index (κ1) is 12.9. The van der Waals surface area contributed by atoms with Gasteiger partial charge >= 0.3 is 0 Å². The maximum absolute atomic E-state index is 6.15. The van der Waals surface area contributed by atoms with E-state index < -0.39 is 0 Å². The molecule has 96 valence electrons. The largest absolute Gasteiger partial charge is 0.495 e. The van der Waals surface area contributed by atoms with Crippen LogP contribution < -0.4 is 10.1 Å². The summed E-state index contributed by atoms with van der Waals surface area (Å²) in [6.45, 7) is 0.759. The number of nitrogens with one attached hydrogen (secondary N) is 1. The zero-order valence-electron chi connectivity index (χ0n) is 10.7. The quantitative estimate of drug-likeness (QED) is 0.923. The Kier molecular flexibility index (Phi) is 3.89. The number of rotatable bonds is 4. The lowest BCUT2D eigenvalue weighted by molar-refractivity contribution is 0.415. The van der Waals surface area contributed by atoms with E-state index in [1.54, 1.807) is 7.11 Å². The van der Waals surface area contributed by atoms with Gasteiger partial charge in [0.2, 0.25) is 0 Å². The first-order chi connectivity index (χ1) is 8.67. The van der Waals surface area contributed by atoms with E-state index in [0.29, 0.717) is 10.8 Å². The number of benzene rings is 1. The first-order valence-electron chi connectivity index (χ1n) is 5.66. The summed E-state index contributed by atoms with van der Waals surface area (Å²) in [6.07, 6.45) is 1.85. The second kappa shape index (κ2) is 5.42. The lowest BCUT2D eigenvalue weighted by Crippen LogP contribution is -2.10. The minimum Gasteiger partial charge on any atom is -0.495 e. The third kappa shape index (κ3) is 2.35. The molecule has 0 radical (unpaired) electrons. The molecule has 4 nitrogen and oxygen atoms in total. The Labute approximate surface area is 112 Å².